The molecule has 1 nitrogen and oxygen atoms in total. The Labute approximate surface area is 98.9 Å². The van der Waals surface area contributed by atoms with Crippen molar-refractivity contribution in [1.82, 2.24) is 0 Å². The molecule has 0 N–H and O–H groups in total. The van der Waals surface area contributed by atoms with Crippen molar-refractivity contribution >= 4 is 0 Å². The number of ether oxygens (including phenoxy) is 1. The van der Waals surface area contributed by atoms with Crippen LogP contribution >= 0.6 is 0 Å². The van der Waals surface area contributed by atoms with Gasteiger partial charge in [-0.3, -0.25) is 0 Å². The molecule has 0 aliphatic heterocycles. The molecule has 0 heterocycles. The van der Waals surface area contributed by atoms with Crippen LogP contribution < -0.4 is 0 Å². The summed E-state index contributed by atoms with van der Waals surface area (Å²) in [6.07, 6.45) is 1.64. The van der Waals surface area contributed by atoms with Crippen molar-refractivity contribution in [2.24, 2.45) is 0 Å². The van der Waals surface area contributed by atoms with Gasteiger partial charge in [0.2, 0.25) is 0 Å². The van der Waals surface area contributed by atoms with E-state index in [-0.39, 0.29) is 0 Å². The molecule has 0 aromatic heterocycles. The van der Waals surface area contributed by atoms with Gasteiger partial charge in [-0.2, -0.15) is 8.78 Å². The Morgan fingerprint density at radius 3 is 2.59 bits per heavy atom. The standard InChI is InChI=1S/C13H15F3O/c1-3-4-5-6-10-7-8-11(12(14)9-10)13(15,16)17-2/h3-4,7-9H,5-6H2,1-2H3. The Kier molecular flexibility index (Phi) is 4.75. The van der Waals surface area contributed by atoms with Crippen molar-refractivity contribution in [2.75, 3.05) is 7.11 Å². The first-order chi connectivity index (χ1) is 8.01. The Balaban J connectivity index is 2.86. The average Bonchev–Trinajstić information content (AvgIpc) is 2.29. The van der Waals surface area contributed by atoms with Gasteiger partial charge in [0.15, 0.2) is 0 Å². The third kappa shape index (κ3) is 3.60. The number of hydrogen-bond donors (Lipinski definition) is 0. The fraction of sp³-hybridized carbons (Fsp3) is 0.385. The molecule has 1 aromatic carbocycles. The van der Waals surface area contributed by atoms with Crippen LogP contribution in [0.25, 0.3) is 0 Å². The smallest absolute Gasteiger partial charge is 0.320 e. The zero-order valence-corrected chi connectivity index (χ0v) is 9.84. The summed E-state index contributed by atoms with van der Waals surface area (Å²) in [7, 11) is 0.847. The predicted octanol–water partition coefficient (Wildman–Crippen LogP) is 4.03. The van der Waals surface area contributed by atoms with Crippen molar-refractivity contribution in [3.63, 3.8) is 0 Å². The molecule has 1 aromatic rings. The average molecular weight is 244 g/mol. The lowest BCUT2D eigenvalue weighted by molar-refractivity contribution is -0.233. The first kappa shape index (κ1) is 13.8. The van der Waals surface area contributed by atoms with Gasteiger partial charge in [-0.1, -0.05) is 18.2 Å². The van der Waals surface area contributed by atoms with Crippen LogP contribution in [0.1, 0.15) is 24.5 Å². The molecule has 0 amide bonds. The maximum atomic E-state index is 13.5. The first-order valence-corrected chi connectivity index (χ1v) is 5.34. The fourth-order valence-electron chi connectivity index (χ4n) is 1.48. The van der Waals surface area contributed by atoms with Gasteiger partial charge in [0, 0.05) is 7.11 Å². The highest BCUT2D eigenvalue weighted by Crippen LogP contribution is 2.31. The minimum absolute atomic E-state index is 0.625. The second-order valence-corrected chi connectivity index (χ2v) is 3.64. The molecule has 0 spiro atoms. The predicted molar refractivity (Wildman–Crippen MR) is 60.4 cm³/mol. The molecule has 0 saturated heterocycles. The number of halogens is 3. The maximum Gasteiger partial charge on any atom is 0.385 e. The molecule has 0 saturated carbocycles. The largest absolute Gasteiger partial charge is 0.385 e. The Morgan fingerprint density at radius 2 is 2.06 bits per heavy atom. The van der Waals surface area contributed by atoms with E-state index in [1.807, 2.05) is 19.1 Å². The van der Waals surface area contributed by atoms with Crippen LogP contribution in [0.4, 0.5) is 13.2 Å². The second-order valence-electron chi connectivity index (χ2n) is 3.64. The minimum Gasteiger partial charge on any atom is -0.320 e. The third-order valence-corrected chi connectivity index (χ3v) is 2.44. The number of rotatable bonds is 5. The van der Waals surface area contributed by atoms with E-state index < -0.39 is 17.5 Å². The van der Waals surface area contributed by atoms with E-state index in [0.29, 0.717) is 12.0 Å². The number of alkyl halides is 2. The van der Waals surface area contributed by atoms with Crippen LogP contribution in [0.15, 0.2) is 30.4 Å². The highest BCUT2D eigenvalue weighted by molar-refractivity contribution is 5.27. The van der Waals surface area contributed by atoms with Crippen molar-refractivity contribution in [2.45, 2.75) is 25.9 Å². The van der Waals surface area contributed by atoms with Crippen LogP contribution in [0.2, 0.25) is 0 Å². The summed E-state index contributed by atoms with van der Waals surface area (Å²) in [5.74, 6) is -0.935. The normalized spacial score (nSPS) is 12.3. The van der Waals surface area contributed by atoms with E-state index in [1.165, 1.54) is 6.07 Å². The third-order valence-electron chi connectivity index (χ3n) is 2.44. The van der Waals surface area contributed by atoms with Crippen LogP contribution in [0.3, 0.4) is 0 Å². The molecule has 0 radical (unpaired) electrons. The van der Waals surface area contributed by atoms with Crippen LogP contribution in [-0.2, 0) is 17.3 Å². The van der Waals surface area contributed by atoms with Crippen LogP contribution in [-0.4, -0.2) is 7.11 Å². The number of benzene rings is 1. The number of aryl methyl sites for hydroxylation is 1. The highest BCUT2D eigenvalue weighted by atomic mass is 19.3. The zero-order valence-electron chi connectivity index (χ0n) is 9.84. The molecule has 0 aliphatic rings. The summed E-state index contributed by atoms with van der Waals surface area (Å²) < 4.78 is 43.6. The second kappa shape index (κ2) is 5.87. The molecule has 4 heteroatoms. The van der Waals surface area contributed by atoms with Crippen LogP contribution in [0.5, 0.6) is 0 Å². The van der Waals surface area contributed by atoms with Crippen LogP contribution in [0, 0.1) is 5.82 Å². The maximum absolute atomic E-state index is 13.5. The number of allylic oxidation sites excluding steroid dienone is 2. The molecule has 0 atom stereocenters. The molecule has 0 bridgehead atoms. The Hall–Kier alpha value is -1.29. The van der Waals surface area contributed by atoms with E-state index in [9.17, 15) is 13.2 Å². The zero-order chi connectivity index (χ0) is 12.9. The van der Waals surface area contributed by atoms with Gasteiger partial charge in [-0.25, -0.2) is 4.39 Å². The lowest BCUT2D eigenvalue weighted by Crippen LogP contribution is -2.17. The quantitative estimate of drug-likeness (QED) is 0.710. The van der Waals surface area contributed by atoms with E-state index in [4.69, 9.17) is 0 Å². The van der Waals surface area contributed by atoms with Gasteiger partial charge in [0.1, 0.15) is 5.82 Å². The molecule has 17 heavy (non-hydrogen) atoms. The summed E-state index contributed by atoms with van der Waals surface area (Å²) >= 11 is 0. The molecular weight excluding hydrogens is 229 g/mol. The Morgan fingerprint density at radius 1 is 1.35 bits per heavy atom. The first-order valence-electron chi connectivity index (χ1n) is 5.34. The molecule has 1 rings (SSSR count). The van der Waals surface area contributed by atoms with E-state index in [2.05, 4.69) is 4.74 Å². The summed E-state index contributed by atoms with van der Waals surface area (Å²) in [6, 6.07) is 3.70. The summed E-state index contributed by atoms with van der Waals surface area (Å²) in [5.41, 5.74) is -0.0361. The summed E-state index contributed by atoms with van der Waals surface area (Å²) in [6.45, 7) is 1.89. The molecular formula is C13H15F3O. The number of methoxy groups -OCH3 is 1. The van der Waals surface area contributed by atoms with E-state index in [0.717, 1.165) is 25.7 Å². The molecule has 0 unspecified atom stereocenters. The van der Waals surface area contributed by atoms with Gasteiger partial charge in [0.25, 0.3) is 0 Å². The minimum atomic E-state index is -3.58. The van der Waals surface area contributed by atoms with Gasteiger partial charge in [0.05, 0.1) is 5.56 Å². The monoisotopic (exact) mass is 244 g/mol. The van der Waals surface area contributed by atoms with Gasteiger partial charge in [-0.05, 0) is 37.5 Å². The van der Waals surface area contributed by atoms with E-state index in [1.54, 1.807) is 0 Å². The summed E-state index contributed by atoms with van der Waals surface area (Å²) in [5, 5.41) is 0. The van der Waals surface area contributed by atoms with Gasteiger partial charge < -0.3 is 4.74 Å². The van der Waals surface area contributed by atoms with Crippen molar-refractivity contribution in [1.29, 1.82) is 0 Å². The molecule has 0 fully saturated rings. The molecule has 94 valence electrons. The topological polar surface area (TPSA) is 9.23 Å². The molecule has 0 aliphatic carbocycles. The van der Waals surface area contributed by atoms with E-state index >= 15 is 0 Å². The Bertz CT molecular complexity index is 400. The fourth-order valence-corrected chi connectivity index (χ4v) is 1.48. The lowest BCUT2D eigenvalue weighted by Gasteiger charge is -2.15. The summed E-state index contributed by atoms with van der Waals surface area (Å²) in [4.78, 5) is 0. The highest BCUT2D eigenvalue weighted by Gasteiger charge is 2.34. The van der Waals surface area contributed by atoms with Crippen molar-refractivity contribution < 1.29 is 17.9 Å². The van der Waals surface area contributed by atoms with Gasteiger partial charge in [-0.15, -0.1) is 0 Å². The van der Waals surface area contributed by atoms with Crippen molar-refractivity contribution in [3.8, 4) is 0 Å². The van der Waals surface area contributed by atoms with Crippen molar-refractivity contribution in [3.05, 3.63) is 47.3 Å². The van der Waals surface area contributed by atoms with Gasteiger partial charge >= 0.3 is 6.11 Å². The lowest BCUT2D eigenvalue weighted by atomic mass is 10.1. The SMILES string of the molecule is CC=CCCc1ccc(C(F)(F)OC)c(F)c1. The number of hydrogen-bond acceptors (Lipinski definition) is 1.